The van der Waals surface area contributed by atoms with Crippen LogP contribution in [0.2, 0.25) is 0 Å². The normalized spacial score (nSPS) is 14.7. The van der Waals surface area contributed by atoms with E-state index in [4.69, 9.17) is 5.10 Å². The summed E-state index contributed by atoms with van der Waals surface area (Å²) in [6, 6.07) is 6.52. The van der Waals surface area contributed by atoms with E-state index < -0.39 is 0 Å². The van der Waals surface area contributed by atoms with Gasteiger partial charge in [-0.25, -0.2) is 13.9 Å². The van der Waals surface area contributed by atoms with Gasteiger partial charge in [-0.1, -0.05) is 19.9 Å². The molecule has 1 fully saturated rings. The van der Waals surface area contributed by atoms with Crippen LogP contribution in [0.4, 0.5) is 15.0 Å². The molecular weight excluding hydrogens is 395 g/mol. The summed E-state index contributed by atoms with van der Waals surface area (Å²) < 4.78 is 15.9. The maximum absolute atomic E-state index is 14.0. The lowest BCUT2D eigenvalue weighted by Crippen LogP contribution is -2.47. The largest absolute Gasteiger partial charge is 0.354 e. The van der Waals surface area contributed by atoms with Crippen molar-refractivity contribution in [2.75, 3.05) is 58.3 Å². The summed E-state index contributed by atoms with van der Waals surface area (Å²) in [5.74, 6) is 0.677. The summed E-state index contributed by atoms with van der Waals surface area (Å²) >= 11 is 0. The second kappa shape index (κ2) is 10.1. The molecule has 170 valence electrons. The number of amides is 2. The Morgan fingerprint density at radius 2 is 1.87 bits per heavy atom. The zero-order valence-electron chi connectivity index (χ0n) is 19.4. The van der Waals surface area contributed by atoms with Gasteiger partial charge in [-0.05, 0) is 38.1 Å². The predicted molar refractivity (Wildman–Crippen MR) is 122 cm³/mol. The van der Waals surface area contributed by atoms with Crippen molar-refractivity contribution in [2.24, 2.45) is 0 Å². The molecule has 0 atom stereocenters. The number of urea groups is 1. The summed E-state index contributed by atoms with van der Waals surface area (Å²) in [6.07, 6.45) is 0.876. The summed E-state index contributed by atoms with van der Waals surface area (Å²) in [4.78, 5) is 21.0. The van der Waals surface area contributed by atoms with Crippen LogP contribution in [0.1, 0.15) is 31.5 Å². The lowest BCUT2D eigenvalue weighted by molar-refractivity contribution is 0.168. The highest BCUT2D eigenvalue weighted by Gasteiger charge is 2.27. The molecule has 0 radical (unpaired) electrons. The Balaban J connectivity index is 2.04. The summed E-state index contributed by atoms with van der Waals surface area (Å²) in [6.45, 7) is 12.1. The fraction of sp³-hybridized carbons (Fsp3) is 0.565. The van der Waals surface area contributed by atoms with E-state index in [1.54, 1.807) is 25.1 Å². The number of aromatic nitrogens is 2. The first-order valence-electron chi connectivity index (χ1n) is 11.1. The molecule has 0 aliphatic carbocycles. The molecule has 0 bridgehead atoms. The lowest BCUT2D eigenvalue weighted by Gasteiger charge is -2.36. The Morgan fingerprint density at radius 3 is 2.45 bits per heavy atom. The third kappa shape index (κ3) is 5.18. The maximum Gasteiger partial charge on any atom is 0.319 e. The number of nitrogens with zero attached hydrogens (tertiary/aromatic N) is 6. The summed E-state index contributed by atoms with van der Waals surface area (Å²) in [5, 5.41) is 4.80. The molecule has 1 aliphatic heterocycles. The Hall–Kier alpha value is -2.61. The molecule has 0 N–H and O–H groups in total. The Labute approximate surface area is 185 Å². The van der Waals surface area contributed by atoms with Crippen molar-refractivity contribution in [3.63, 3.8) is 0 Å². The van der Waals surface area contributed by atoms with E-state index in [1.165, 1.54) is 12.1 Å². The molecule has 0 saturated carbocycles. The van der Waals surface area contributed by atoms with Crippen LogP contribution in [0.5, 0.6) is 0 Å². The van der Waals surface area contributed by atoms with Crippen LogP contribution < -0.4 is 4.90 Å². The van der Waals surface area contributed by atoms with Gasteiger partial charge in [0.05, 0.1) is 17.9 Å². The summed E-state index contributed by atoms with van der Waals surface area (Å²) in [7, 11) is 3.55. The molecule has 1 aliphatic rings. The van der Waals surface area contributed by atoms with Gasteiger partial charge in [0.1, 0.15) is 11.6 Å². The van der Waals surface area contributed by atoms with Crippen LogP contribution in [0.3, 0.4) is 0 Å². The quantitative estimate of drug-likeness (QED) is 0.676. The Morgan fingerprint density at radius 1 is 1.16 bits per heavy atom. The first-order chi connectivity index (χ1) is 14.8. The molecule has 7 nitrogen and oxygen atoms in total. The molecule has 3 rings (SSSR count). The minimum absolute atomic E-state index is 0.0125. The average Bonchev–Trinajstić information content (AvgIpc) is 3.09. The van der Waals surface area contributed by atoms with E-state index in [1.807, 2.05) is 22.6 Å². The number of carbonyl (C=O) groups excluding carboxylic acids is 1. The van der Waals surface area contributed by atoms with Crippen molar-refractivity contribution in [1.82, 2.24) is 24.5 Å². The second-order valence-electron chi connectivity index (χ2n) is 8.30. The van der Waals surface area contributed by atoms with E-state index >= 15 is 0 Å². The number of likely N-dealkylation sites (N-methyl/N-ethyl adjacent to an activating group) is 1. The van der Waals surface area contributed by atoms with Crippen LogP contribution in [0.25, 0.3) is 5.69 Å². The molecule has 31 heavy (non-hydrogen) atoms. The molecular formula is C23H35FN6O. The second-order valence-corrected chi connectivity index (χ2v) is 8.30. The monoisotopic (exact) mass is 430 g/mol. The van der Waals surface area contributed by atoms with Crippen molar-refractivity contribution in [2.45, 2.75) is 33.7 Å². The predicted octanol–water partition coefficient (Wildman–Crippen LogP) is 3.36. The summed E-state index contributed by atoms with van der Waals surface area (Å²) in [5.41, 5.74) is 2.59. The van der Waals surface area contributed by atoms with E-state index in [0.29, 0.717) is 18.8 Å². The molecule has 0 unspecified atom stereocenters. The van der Waals surface area contributed by atoms with Gasteiger partial charge in [-0.2, -0.15) is 5.10 Å². The van der Waals surface area contributed by atoms with Crippen molar-refractivity contribution in [3.8, 4) is 5.69 Å². The number of anilines is 1. The van der Waals surface area contributed by atoms with Crippen molar-refractivity contribution in [1.29, 1.82) is 0 Å². The number of carbonyl (C=O) groups is 1. The van der Waals surface area contributed by atoms with E-state index in [0.717, 1.165) is 56.2 Å². The van der Waals surface area contributed by atoms with Gasteiger partial charge in [-0.3, -0.25) is 0 Å². The van der Waals surface area contributed by atoms with E-state index in [9.17, 15) is 9.18 Å². The van der Waals surface area contributed by atoms with Gasteiger partial charge in [0.25, 0.3) is 0 Å². The lowest BCUT2D eigenvalue weighted by atomic mass is 10.2. The third-order valence-corrected chi connectivity index (χ3v) is 5.82. The molecule has 1 aromatic carbocycles. The molecule has 1 saturated heterocycles. The average molecular weight is 431 g/mol. The van der Waals surface area contributed by atoms with Gasteiger partial charge in [0.2, 0.25) is 0 Å². The first kappa shape index (κ1) is 23.1. The fourth-order valence-corrected chi connectivity index (χ4v) is 4.11. The van der Waals surface area contributed by atoms with Crippen molar-refractivity contribution in [3.05, 3.63) is 41.3 Å². The third-order valence-electron chi connectivity index (χ3n) is 5.82. The molecule has 0 spiro atoms. The van der Waals surface area contributed by atoms with Crippen molar-refractivity contribution < 1.29 is 9.18 Å². The molecule has 2 heterocycles. The van der Waals surface area contributed by atoms with Crippen LogP contribution in [-0.2, 0) is 6.54 Å². The highest BCUT2D eigenvalue weighted by atomic mass is 19.1. The molecule has 2 amide bonds. The zero-order chi connectivity index (χ0) is 22.5. The number of halogens is 1. The number of hydrogen-bond donors (Lipinski definition) is 0. The number of piperazine rings is 1. The highest BCUT2D eigenvalue weighted by molar-refractivity contribution is 5.74. The van der Waals surface area contributed by atoms with Crippen LogP contribution in [0.15, 0.2) is 24.3 Å². The van der Waals surface area contributed by atoms with Crippen LogP contribution >= 0.6 is 0 Å². The standard InChI is InChI=1S/C23H35FN6O/c1-6-11-29(23(31)26(4)5)17-21-18(3)25-30(20-10-8-9-19(24)16-20)22(21)28-14-12-27(7-2)13-15-28/h8-10,16H,6-7,11-15,17H2,1-5H3. The smallest absolute Gasteiger partial charge is 0.319 e. The molecule has 2 aromatic rings. The molecule has 1 aromatic heterocycles. The minimum atomic E-state index is -0.288. The topological polar surface area (TPSA) is 47.9 Å². The number of hydrogen-bond acceptors (Lipinski definition) is 4. The van der Waals surface area contributed by atoms with Gasteiger partial charge >= 0.3 is 6.03 Å². The van der Waals surface area contributed by atoms with Crippen LogP contribution in [-0.4, -0.2) is 83.9 Å². The number of aryl methyl sites for hydroxylation is 1. The highest BCUT2D eigenvalue weighted by Crippen LogP contribution is 2.30. The van der Waals surface area contributed by atoms with E-state index in [-0.39, 0.29) is 11.8 Å². The zero-order valence-corrected chi connectivity index (χ0v) is 19.4. The van der Waals surface area contributed by atoms with Crippen molar-refractivity contribution >= 4 is 11.8 Å². The number of benzene rings is 1. The van der Waals surface area contributed by atoms with Gasteiger partial charge in [-0.15, -0.1) is 0 Å². The Bertz CT molecular complexity index is 888. The van der Waals surface area contributed by atoms with Gasteiger partial charge in [0, 0.05) is 52.4 Å². The van der Waals surface area contributed by atoms with Crippen LogP contribution in [0, 0.1) is 12.7 Å². The first-order valence-corrected chi connectivity index (χ1v) is 11.1. The fourth-order valence-electron chi connectivity index (χ4n) is 4.11. The molecule has 8 heteroatoms. The minimum Gasteiger partial charge on any atom is -0.354 e. The van der Waals surface area contributed by atoms with Gasteiger partial charge < -0.3 is 19.6 Å². The van der Waals surface area contributed by atoms with Gasteiger partial charge in [0.15, 0.2) is 0 Å². The van der Waals surface area contributed by atoms with E-state index in [2.05, 4.69) is 23.6 Å². The maximum atomic E-state index is 14.0. The SMILES string of the molecule is CCCN(Cc1c(C)nn(-c2cccc(F)c2)c1N1CCN(CC)CC1)C(=O)N(C)C. The number of rotatable bonds is 7. The Kier molecular flexibility index (Phi) is 7.54.